The second kappa shape index (κ2) is 36.3. The average molecular weight is 752 g/mol. The van der Waals surface area contributed by atoms with E-state index in [0.29, 0.717) is 38.4 Å². The molecule has 5 nitrogen and oxygen atoms in total. The van der Waals surface area contributed by atoms with Crippen molar-refractivity contribution in [2.45, 2.75) is 214 Å². The number of hydrogen-bond acceptors (Lipinski definition) is 5. The number of rotatable bonds is 37. The van der Waals surface area contributed by atoms with Crippen molar-refractivity contribution >= 4 is 11.9 Å². The van der Waals surface area contributed by atoms with Crippen LogP contribution in [0.3, 0.4) is 0 Å². The van der Waals surface area contributed by atoms with E-state index in [1.54, 1.807) is 0 Å². The predicted octanol–water partition coefficient (Wildman–Crippen LogP) is 14.2. The molecule has 0 unspecified atom stereocenters. The first-order valence-electron chi connectivity index (χ1n) is 22.8. The van der Waals surface area contributed by atoms with E-state index in [0.717, 1.165) is 56.2 Å². The summed E-state index contributed by atoms with van der Waals surface area (Å²) in [6, 6.07) is 6.46. The smallest absolute Gasteiger partial charge is 0.306 e. The van der Waals surface area contributed by atoms with Crippen LogP contribution >= 0.6 is 0 Å². The Kier molecular flexibility index (Phi) is 33.3. The molecule has 1 aromatic rings. The van der Waals surface area contributed by atoms with E-state index in [1.165, 1.54) is 128 Å². The summed E-state index contributed by atoms with van der Waals surface area (Å²) >= 11 is 0. The molecule has 0 aliphatic rings. The number of hydrogen-bond donors (Lipinski definition) is 0. The van der Waals surface area contributed by atoms with Crippen molar-refractivity contribution in [1.29, 1.82) is 0 Å². The largest absolute Gasteiger partial charge is 0.465 e. The van der Waals surface area contributed by atoms with Gasteiger partial charge in [-0.3, -0.25) is 9.59 Å². The van der Waals surface area contributed by atoms with E-state index < -0.39 is 0 Å². The zero-order chi connectivity index (χ0) is 39.3. The molecule has 0 saturated heterocycles. The second-order valence-electron chi connectivity index (χ2n) is 16.2. The Hall–Kier alpha value is -2.40. The summed E-state index contributed by atoms with van der Waals surface area (Å²) in [5, 5.41) is 0. The van der Waals surface area contributed by atoms with Crippen LogP contribution in [0.5, 0.6) is 0 Å². The molecule has 0 radical (unpaired) electrons. The first kappa shape index (κ1) is 49.6. The Morgan fingerprint density at radius 3 is 1.69 bits per heavy atom. The quantitative estimate of drug-likeness (QED) is 0.0385. The van der Waals surface area contributed by atoms with Gasteiger partial charge in [-0.15, -0.1) is 0 Å². The predicted molar refractivity (Wildman–Crippen MR) is 232 cm³/mol. The lowest BCUT2D eigenvalue weighted by Crippen LogP contribution is -2.14. The molecule has 0 heterocycles. The molecule has 0 amide bonds. The highest BCUT2D eigenvalue weighted by molar-refractivity contribution is 5.70. The minimum Gasteiger partial charge on any atom is -0.465 e. The van der Waals surface area contributed by atoms with Gasteiger partial charge in [-0.1, -0.05) is 172 Å². The van der Waals surface area contributed by atoms with Crippen LogP contribution in [0.25, 0.3) is 0 Å². The van der Waals surface area contributed by atoms with Crippen LogP contribution in [-0.4, -0.2) is 37.5 Å². The molecule has 1 rings (SSSR count). The molecular weight excluding hydrogens is 667 g/mol. The lowest BCUT2D eigenvalue weighted by Gasteiger charge is -2.17. The molecule has 54 heavy (non-hydrogen) atoms. The zero-order valence-corrected chi connectivity index (χ0v) is 36.1. The fourth-order valence-corrected chi connectivity index (χ4v) is 7.19. The summed E-state index contributed by atoms with van der Waals surface area (Å²) in [6.45, 7) is 8.25. The summed E-state index contributed by atoms with van der Waals surface area (Å²) in [7, 11) is 4.13. The van der Waals surface area contributed by atoms with E-state index in [2.05, 4.69) is 82.3 Å². The molecule has 0 spiro atoms. The highest BCUT2D eigenvalue weighted by Crippen LogP contribution is 2.23. The normalized spacial score (nSPS) is 11.8. The third-order valence-corrected chi connectivity index (χ3v) is 10.4. The van der Waals surface area contributed by atoms with Crippen LogP contribution in [0.1, 0.15) is 211 Å². The maximum absolute atomic E-state index is 13.1. The number of ether oxygens (including phenoxy) is 2. The van der Waals surface area contributed by atoms with Crippen LogP contribution in [0.15, 0.2) is 42.5 Å². The molecule has 0 saturated carbocycles. The summed E-state index contributed by atoms with van der Waals surface area (Å²) in [5.41, 5.74) is 3.32. The van der Waals surface area contributed by atoms with E-state index in [4.69, 9.17) is 9.47 Å². The zero-order valence-electron chi connectivity index (χ0n) is 36.1. The third kappa shape index (κ3) is 30.9. The van der Waals surface area contributed by atoms with E-state index in [9.17, 15) is 9.59 Å². The number of unbranched alkanes of at least 4 members (excludes halogenated alkanes) is 18. The third-order valence-electron chi connectivity index (χ3n) is 10.4. The number of allylic oxidation sites excluding steroid dienone is 4. The van der Waals surface area contributed by atoms with Gasteiger partial charge in [0.25, 0.3) is 0 Å². The van der Waals surface area contributed by atoms with Gasteiger partial charge >= 0.3 is 11.9 Å². The van der Waals surface area contributed by atoms with Gasteiger partial charge in [0.2, 0.25) is 0 Å². The Morgan fingerprint density at radius 2 is 1.07 bits per heavy atom. The van der Waals surface area contributed by atoms with Crippen molar-refractivity contribution in [3.05, 3.63) is 59.2 Å². The van der Waals surface area contributed by atoms with Crippen molar-refractivity contribution in [2.24, 2.45) is 5.92 Å². The maximum atomic E-state index is 13.1. The van der Waals surface area contributed by atoms with Gasteiger partial charge in [0.15, 0.2) is 0 Å². The van der Waals surface area contributed by atoms with Gasteiger partial charge in [0.1, 0.15) is 6.61 Å². The minimum atomic E-state index is -0.101. The summed E-state index contributed by atoms with van der Waals surface area (Å²) in [4.78, 5) is 27.7. The SMILES string of the molecule is CCCCC/C=C\C/C=C\CCCCCCCC(=O)OCCc1cc(COC(=O)CC(CCCCCCCC)CCCCCCCC)cc(CN(C)C)c1. The Morgan fingerprint density at radius 1 is 0.574 bits per heavy atom. The molecular formula is C49H85NO4. The molecule has 1 aromatic carbocycles. The van der Waals surface area contributed by atoms with Gasteiger partial charge in [0, 0.05) is 25.8 Å². The highest BCUT2D eigenvalue weighted by atomic mass is 16.5. The molecule has 5 heteroatoms. The lowest BCUT2D eigenvalue weighted by molar-refractivity contribution is -0.146. The Bertz CT molecular complexity index is 1080. The maximum Gasteiger partial charge on any atom is 0.306 e. The molecule has 0 bridgehead atoms. The van der Waals surface area contributed by atoms with Gasteiger partial charge in [-0.05, 0) is 88.1 Å². The number of nitrogens with zero attached hydrogens (tertiary/aromatic N) is 1. The fourth-order valence-electron chi connectivity index (χ4n) is 7.19. The lowest BCUT2D eigenvalue weighted by atomic mass is 9.91. The van der Waals surface area contributed by atoms with Gasteiger partial charge < -0.3 is 14.4 Å². The van der Waals surface area contributed by atoms with Gasteiger partial charge in [-0.2, -0.15) is 0 Å². The fraction of sp³-hybridized carbons (Fsp3) is 0.755. The molecule has 0 N–H and O–H groups in total. The number of carbonyl (C=O) groups is 2. The first-order valence-corrected chi connectivity index (χ1v) is 22.8. The van der Waals surface area contributed by atoms with Crippen molar-refractivity contribution in [3.63, 3.8) is 0 Å². The van der Waals surface area contributed by atoms with Crippen LogP contribution in [0, 0.1) is 5.92 Å². The van der Waals surface area contributed by atoms with E-state index >= 15 is 0 Å². The van der Waals surface area contributed by atoms with E-state index in [1.807, 2.05) is 0 Å². The molecule has 0 fully saturated rings. The summed E-state index contributed by atoms with van der Waals surface area (Å²) in [5.74, 6) is 0.250. The van der Waals surface area contributed by atoms with Crippen molar-refractivity contribution in [1.82, 2.24) is 4.90 Å². The second-order valence-corrected chi connectivity index (χ2v) is 16.2. The Balaban J connectivity index is 2.45. The number of esters is 2. The standard InChI is InChI=1S/C49H85NO4/c1-6-9-12-15-18-19-20-21-22-23-24-25-26-29-32-35-48(51)53-37-36-45-38-46(42-50(4)5)40-47(39-45)43-54-49(52)41-44(33-30-27-16-13-10-7-2)34-31-28-17-14-11-8-3/h18-19,21-22,38-40,44H,6-17,20,23-37,41-43H2,1-5H3/b19-18-,22-21-. The minimum absolute atomic E-state index is 0.0706. The molecule has 310 valence electrons. The van der Waals surface area contributed by atoms with Gasteiger partial charge in [0.05, 0.1) is 6.61 Å². The average Bonchev–Trinajstić information content (AvgIpc) is 3.14. The number of carbonyl (C=O) groups excluding carboxylic acids is 2. The molecule has 0 aromatic heterocycles. The van der Waals surface area contributed by atoms with Crippen LogP contribution in [0.2, 0.25) is 0 Å². The molecule has 0 atom stereocenters. The first-order chi connectivity index (χ1) is 26.4. The summed E-state index contributed by atoms with van der Waals surface area (Å²) < 4.78 is 11.5. The summed E-state index contributed by atoms with van der Waals surface area (Å²) in [6.07, 6.45) is 41.5. The topological polar surface area (TPSA) is 55.8 Å². The van der Waals surface area contributed by atoms with Gasteiger partial charge in [-0.25, -0.2) is 0 Å². The molecule has 0 aliphatic heterocycles. The number of benzene rings is 1. The van der Waals surface area contributed by atoms with Crippen molar-refractivity contribution in [2.75, 3.05) is 20.7 Å². The van der Waals surface area contributed by atoms with Crippen LogP contribution in [-0.2, 0) is 38.6 Å². The monoisotopic (exact) mass is 752 g/mol. The highest BCUT2D eigenvalue weighted by Gasteiger charge is 2.16. The van der Waals surface area contributed by atoms with Crippen molar-refractivity contribution < 1.29 is 19.1 Å². The van der Waals surface area contributed by atoms with Crippen LogP contribution in [0.4, 0.5) is 0 Å². The van der Waals surface area contributed by atoms with Crippen LogP contribution < -0.4 is 0 Å². The molecule has 0 aliphatic carbocycles. The van der Waals surface area contributed by atoms with Crippen molar-refractivity contribution in [3.8, 4) is 0 Å². The Labute approximate surface area is 334 Å². The van der Waals surface area contributed by atoms with E-state index in [-0.39, 0.29) is 11.9 Å².